The largest absolute Gasteiger partial charge is 0.463 e. The number of thioether (sulfide) groups is 1. The smallest absolute Gasteiger partial charge is 0.407 e. The molecule has 1 aromatic carbocycles. The standard InChI is InChI=1S/C27H32F2N6O4S/c1-8-9-38-20-13-31-19(12-32-20)22(36)34-16-10-17(21(29)18(28)11-16)27(7)15(2)26(6,40-23(30)35-27)14-33-24(37)39-25(3,4)5/h1,10-13,15H,9,14H2,2-7H3,(H2,30,35)(H,33,37)(H,34,36)/t15-,26-,27+/m1/s1. The third kappa shape index (κ3) is 6.98. The number of benzene rings is 1. The number of alkyl carbamates (subject to hydrolysis) is 1. The maximum Gasteiger partial charge on any atom is 0.407 e. The van der Waals surface area contributed by atoms with Gasteiger partial charge in [0, 0.05) is 34.5 Å². The number of terminal acetylenes is 1. The van der Waals surface area contributed by atoms with Crippen LogP contribution in [0.25, 0.3) is 0 Å². The van der Waals surface area contributed by atoms with Gasteiger partial charge in [-0.2, -0.15) is 0 Å². The van der Waals surface area contributed by atoms with E-state index in [0.29, 0.717) is 0 Å². The van der Waals surface area contributed by atoms with Crippen molar-refractivity contribution in [1.29, 1.82) is 0 Å². The summed E-state index contributed by atoms with van der Waals surface area (Å²) >= 11 is 1.22. The number of ether oxygens (including phenoxy) is 2. The van der Waals surface area contributed by atoms with Crippen LogP contribution in [-0.4, -0.2) is 50.6 Å². The number of hydrogen-bond donors (Lipinski definition) is 3. The number of hydrogen-bond acceptors (Lipinski definition) is 9. The summed E-state index contributed by atoms with van der Waals surface area (Å²) in [5.74, 6) is -1.10. The number of nitrogens with one attached hydrogen (secondary N) is 2. The predicted octanol–water partition coefficient (Wildman–Crippen LogP) is 4.22. The summed E-state index contributed by atoms with van der Waals surface area (Å²) in [6.07, 6.45) is 6.90. The van der Waals surface area contributed by atoms with Crippen LogP contribution in [0.15, 0.2) is 29.5 Å². The fraction of sp³-hybridized carbons (Fsp3) is 0.444. The number of carbonyl (C=O) groups excluding carboxylic acids is 2. The topological polar surface area (TPSA) is 141 Å². The molecule has 214 valence electrons. The van der Waals surface area contributed by atoms with Crippen molar-refractivity contribution in [3.05, 3.63) is 47.4 Å². The molecule has 13 heteroatoms. The Labute approximate surface area is 235 Å². The van der Waals surface area contributed by atoms with E-state index in [1.54, 1.807) is 27.7 Å². The minimum Gasteiger partial charge on any atom is -0.463 e. The lowest BCUT2D eigenvalue weighted by atomic mass is 9.73. The number of anilines is 1. The maximum atomic E-state index is 15.3. The van der Waals surface area contributed by atoms with Gasteiger partial charge in [-0.15, -0.1) is 6.42 Å². The molecule has 1 aliphatic rings. The molecule has 0 bridgehead atoms. The number of aliphatic imine (C=N–C) groups is 1. The van der Waals surface area contributed by atoms with Gasteiger partial charge in [0.1, 0.15) is 11.3 Å². The zero-order valence-electron chi connectivity index (χ0n) is 23.1. The summed E-state index contributed by atoms with van der Waals surface area (Å²) in [5.41, 5.74) is 3.88. The molecule has 4 N–H and O–H groups in total. The van der Waals surface area contributed by atoms with Crippen LogP contribution in [0.4, 0.5) is 19.3 Å². The monoisotopic (exact) mass is 574 g/mol. The van der Waals surface area contributed by atoms with Gasteiger partial charge in [-0.1, -0.05) is 24.6 Å². The van der Waals surface area contributed by atoms with E-state index in [-0.39, 0.29) is 41.1 Å². The van der Waals surface area contributed by atoms with E-state index in [1.165, 1.54) is 24.0 Å². The zero-order chi connectivity index (χ0) is 29.9. The zero-order valence-corrected chi connectivity index (χ0v) is 23.9. The highest BCUT2D eigenvalue weighted by Crippen LogP contribution is 2.50. The second-order valence-corrected chi connectivity index (χ2v) is 12.2. The number of rotatable bonds is 7. The Kier molecular flexibility index (Phi) is 8.94. The minimum absolute atomic E-state index is 0.0172. The van der Waals surface area contributed by atoms with Crippen molar-refractivity contribution in [3.8, 4) is 18.2 Å². The van der Waals surface area contributed by atoms with E-state index in [0.717, 1.165) is 12.3 Å². The number of amidine groups is 1. The molecule has 1 aliphatic heterocycles. The predicted molar refractivity (Wildman–Crippen MR) is 149 cm³/mol. The summed E-state index contributed by atoms with van der Waals surface area (Å²) < 4.78 is 39.9. The average molecular weight is 575 g/mol. The number of nitrogens with two attached hydrogens (primary N) is 1. The normalized spacial score (nSPS) is 22.5. The summed E-state index contributed by atoms with van der Waals surface area (Å²) in [5, 5.41) is 5.38. The summed E-state index contributed by atoms with van der Waals surface area (Å²) in [7, 11) is 0. The molecule has 0 saturated heterocycles. The van der Waals surface area contributed by atoms with E-state index in [2.05, 4.69) is 31.5 Å². The molecule has 10 nitrogen and oxygen atoms in total. The molecule has 0 unspecified atom stereocenters. The van der Waals surface area contributed by atoms with Gasteiger partial charge in [0.05, 0.1) is 17.9 Å². The van der Waals surface area contributed by atoms with Gasteiger partial charge < -0.3 is 25.8 Å². The number of nitrogens with zero attached hydrogens (tertiary/aromatic N) is 3. The first-order chi connectivity index (χ1) is 18.6. The summed E-state index contributed by atoms with van der Waals surface area (Å²) in [4.78, 5) is 37.5. The van der Waals surface area contributed by atoms with E-state index >= 15 is 4.39 Å². The number of halogens is 2. The van der Waals surface area contributed by atoms with E-state index in [1.807, 2.05) is 13.8 Å². The lowest BCUT2D eigenvalue weighted by molar-refractivity contribution is 0.0515. The molecule has 3 rings (SSSR count). The van der Waals surface area contributed by atoms with Gasteiger partial charge in [-0.3, -0.25) is 9.79 Å². The number of aromatic nitrogens is 2. The Balaban J connectivity index is 1.89. The third-order valence-corrected chi connectivity index (χ3v) is 7.68. The molecule has 2 heterocycles. The lowest BCUT2D eigenvalue weighted by Crippen LogP contribution is -2.54. The lowest BCUT2D eigenvalue weighted by Gasteiger charge is -2.47. The van der Waals surface area contributed by atoms with Crippen molar-refractivity contribution >= 4 is 34.6 Å². The Bertz CT molecular complexity index is 1360. The highest BCUT2D eigenvalue weighted by molar-refractivity contribution is 8.15. The Hall–Kier alpha value is -3.92. The van der Waals surface area contributed by atoms with Gasteiger partial charge in [-0.05, 0) is 40.7 Å². The molecule has 0 saturated carbocycles. The maximum absolute atomic E-state index is 15.3. The van der Waals surface area contributed by atoms with Crippen LogP contribution in [0.1, 0.15) is 57.6 Å². The summed E-state index contributed by atoms with van der Waals surface area (Å²) in [6, 6.07) is 2.16. The quantitative estimate of drug-likeness (QED) is 0.418. The first-order valence-corrected chi connectivity index (χ1v) is 13.1. The van der Waals surface area contributed by atoms with Gasteiger partial charge in [-0.25, -0.2) is 23.5 Å². The second kappa shape index (κ2) is 11.7. The van der Waals surface area contributed by atoms with Crippen LogP contribution >= 0.6 is 11.8 Å². The van der Waals surface area contributed by atoms with E-state index < -0.39 is 45.4 Å². The fourth-order valence-electron chi connectivity index (χ4n) is 4.16. The van der Waals surface area contributed by atoms with Crippen LogP contribution in [0, 0.1) is 29.9 Å². The second-order valence-electron chi connectivity index (χ2n) is 10.6. The van der Waals surface area contributed by atoms with Crippen molar-refractivity contribution in [3.63, 3.8) is 0 Å². The molecular formula is C27H32F2N6O4S. The van der Waals surface area contributed by atoms with Gasteiger partial charge in [0.2, 0.25) is 5.88 Å². The van der Waals surface area contributed by atoms with Crippen LogP contribution < -0.4 is 21.1 Å². The molecule has 40 heavy (non-hydrogen) atoms. The third-order valence-electron chi connectivity index (χ3n) is 6.42. The molecule has 0 aliphatic carbocycles. The van der Waals surface area contributed by atoms with Crippen molar-refractivity contribution in [2.75, 3.05) is 18.5 Å². The fourth-order valence-corrected chi connectivity index (χ4v) is 5.43. The SMILES string of the molecule is C#CCOc1cnc(C(=O)Nc2cc(F)c(F)c([C@@]3(C)N=C(N)S[C@](C)(CNC(=O)OC(C)(C)C)[C@H]3C)c2)cn1. The molecule has 2 amide bonds. The molecule has 0 fully saturated rings. The molecule has 0 radical (unpaired) electrons. The van der Waals surface area contributed by atoms with Crippen molar-refractivity contribution < 1.29 is 27.8 Å². The first-order valence-electron chi connectivity index (χ1n) is 12.3. The average Bonchev–Trinajstić information content (AvgIpc) is 2.86. The van der Waals surface area contributed by atoms with Crippen molar-refractivity contribution in [2.45, 2.75) is 57.4 Å². The minimum atomic E-state index is -1.36. The molecule has 2 aromatic rings. The Morgan fingerprint density at radius 3 is 2.52 bits per heavy atom. The van der Waals surface area contributed by atoms with Crippen LogP contribution in [0.2, 0.25) is 0 Å². The van der Waals surface area contributed by atoms with Crippen LogP contribution in [0.5, 0.6) is 5.88 Å². The van der Waals surface area contributed by atoms with E-state index in [4.69, 9.17) is 21.6 Å². The van der Waals surface area contributed by atoms with Gasteiger partial charge in [0.15, 0.2) is 23.4 Å². The Morgan fingerprint density at radius 1 is 1.23 bits per heavy atom. The molecule has 0 spiro atoms. The highest BCUT2D eigenvalue weighted by Gasteiger charge is 2.50. The molecule has 1 aromatic heterocycles. The van der Waals surface area contributed by atoms with Gasteiger partial charge >= 0.3 is 6.09 Å². The van der Waals surface area contributed by atoms with E-state index in [9.17, 15) is 14.0 Å². The van der Waals surface area contributed by atoms with Crippen LogP contribution in [0.3, 0.4) is 0 Å². The number of amides is 2. The number of carbonyl (C=O) groups is 2. The molecular weight excluding hydrogens is 542 g/mol. The first kappa shape index (κ1) is 30.6. The van der Waals surface area contributed by atoms with Crippen molar-refractivity contribution in [2.24, 2.45) is 16.6 Å². The van der Waals surface area contributed by atoms with Gasteiger partial charge in [0.25, 0.3) is 5.91 Å². The van der Waals surface area contributed by atoms with Crippen LogP contribution in [-0.2, 0) is 10.3 Å². The van der Waals surface area contributed by atoms with Crippen molar-refractivity contribution in [1.82, 2.24) is 15.3 Å². The summed E-state index contributed by atoms with van der Waals surface area (Å²) in [6.45, 7) is 10.6. The highest BCUT2D eigenvalue weighted by atomic mass is 32.2. The Morgan fingerprint density at radius 2 is 1.93 bits per heavy atom. The molecule has 3 atom stereocenters.